The number of ether oxygens (including phenoxy) is 1. The second-order valence-electron chi connectivity index (χ2n) is 6.65. The molecule has 138 valence electrons. The molecule has 0 N–H and O–H groups in total. The molecule has 1 aromatic heterocycles. The Hall–Kier alpha value is -2.99. The van der Waals surface area contributed by atoms with E-state index in [0.717, 1.165) is 11.4 Å². The summed E-state index contributed by atoms with van der Waals surface area (Å²) in [6.45, 7) is 5.25. The average Bonchev–Trinajstić information content (AvgIpc) is 3.18. The summed E-state index contributed by atoms with van der Waals surface area (Å²) in [5, 5.41) is 4.38. The van der Waals surface area contributed by atoms with Crippen LogP contribution in [0.3, 0.4) is 0 Å². The predicted octanol–water partition coefficient (Wildman–Crippen LogP) is 2.77. The van der Waals surface area contributed by atoms with Crippen LogP contribution in [0, 0.1) is 6.92 Å². The Balaban J connectivity index is 1.54. The third-order valence-corrected chi connectivity index (χ3v) is 4.89. The summed E-state index contributed by atoms with van der Waals surface area (Å²) in [4.78, 5) is 18.8. The highest BCUT2D eigenvalue weighted by molar-refractivity contribution is 5.94. The van der Waals surface area contributed by atoms with Crippen LogP contribution in [0.2, 0.25) is 0 Å². The second kappa shape index (κ2) is 7.72. The van der Waals surface area contributed by atoms with Crippen LogP contribution in [0.5, 0.6) is 0 Å². The van der Waals surface area contributed by atoms with Gasteiger partial charge in [0.1, 0.15) is 6.33 Å². The van der Waals surface area contributed by atoms with Crippen molar-refractivity contribution in [3.05, 3.63) is 71.5 Å². The van der Waals surface area contributed by atoms with Crippen LogP contribution in [0.4, 0.5) is 0 Å². The summed E-state index contributed by atoms with van der Waals surface area (Å²) in [6.07, 6.45) is 1.57. The summed E-state index contributed by atoms with van der Waals surface area (Å²) in [5.74, 6) is 0.842. The molecular weight excluding hydrogens is 340 g/mol. The van der Waals surface area contributed by atoms with E-state index < -0.39 is 0 Å². The third-order valence-electron chi connectivity index (χ3n) is 4.89. The lowest BCUT2D eigenvalue weighted by Gasteiger charge is -2.26. The fourth-order valence-corrected chi connectivity index (χ4v) is 3.26. The van der Waals surface area contributed by atoms with Crippen LogP contribution >= 0.6 is 0 Å². The van der Waals surface area contributed by atoms with Crippen molar-refractivity contribution in [2.45, 2.75) is 13.5 Å². The van der Waals surface area contributed by atoms with Crippen molar-refractivity contribution in [2.75, 3.05) is 26.3 Å². The van der Waals surface area contributed by atoms with E-state index in [1.165, 1.54) is 11.1 Å². The highest BCUT2D eigenvalue weighted by Crippen LogP contribution is 2.20. The first-order chi connectivity index (χ1) is 13.2. The van der Waals surface area contributed by atoms with Gasteiger partial charge in [0.25, 0.3) is 5.91 Å². The minimum Gasteiger partial charge on any atom is -0.378 e. The van der Waals surface area contributed by atoms with Crippen molar-refractivity contribution < 1.29 is 9.53 Å². The van der Waals surface area contributed by atoms with E-state index in [9.17, 15) is 4.79 Å². The molecule has 0 spiro atoms. The molecule has 6 nitrogen and oxygen atoms in total. The molecule has 0 saturated carbocycles. The van der Waals surface area contributed by atoms with Gasteiger partial charge in [0, 0.05) is 24.2 Å². The van der Waals surface area contributed by atoms with Crippen LogP contribution < -0.4 is 0 Å². The van der Waals surface area contributed by atoms with Gasteiger partial charge < -0.3 is 9.64 Å². The van der Waals surface area contributed by atoms with Crippen LogP contribution in [-0.4, -0.2) is 51.9 Å². The van der Waals surface area contributed by atoms with Crippen molar-refractivity contribution in [3.8, 4) is 11.4 Å². The molecule has 4 rings (SSSR count). The van der Waals surface area contributed by atoms with Gasteiger partial charge >= 0.3 is 0 Å². The number of hydrogen-bond donors (Lipinski definition) is 0. The van der Waals surface area contributed by atoms with Gasteiger partial charge in [-0.1, -0.05) is 36.4 Å². The number of amides is 1. The van der Waals surface area contributed by atoms with Gasteiger partial charge in [-0.3, -0.25) is 4.79 Å². The molecule has 1 amide bonds. The standard InChI is InChI=1S/C21H22N4O2/c1-16-4-2-3-5-19(16)14-25-20(22-15-23-25)17-6-8-18(9-7-17)21(26)24-10-12-27-13-11-24/h2-9,15H,10-14H2,1H3. The van der Waals surface area contributed by atoms with Crippen molar-refractivity contribution >= 4 is 5.91 Å². The predicted molar refractivity (Wildman–Crippen MR) is 102 cm³/mol. The van der Waals surface area contributed by atoms with Crippen LogP contribution in [-0.2, 0) is 11.3 Å². The topological polar surface area (TPSA) is 60.2 Å². The zero-order valence-corrected chi connectivity index (χ0v) is 15.3. The Bertz CT molecular complexity index is 927. The van der Waals surface area contributed by atoms with Gasteiger partial charge in [0.2, 0.25) is 0 Å². The van der Waals surface area contributed by atoms with Gasteiger partial charge in [0.15, 0.2) is 5.82 Å². The quantitative estimate of drug-likeness (QED) is 0.716. The van der Waals surface area contributed by atoms with E-state index in [0.29, 0.717) is 38.4 Å². The zero-order valence-electron chi connectivity index (χ0n) is 15.3. The SMILES string of the molecule is Cc1ccccc1Cn1ncnc1-c1ccc(C(=O)N2CCOCC2)cc1. The number of nitrogens with zero attached hydrogens (tertiary/aromatic N) is 4. The maximum Gasteiger partial charge on any atom is 0.254 e. The lowest BCUT2D eigenvalue weighted by molar-refractivity contribution is 0.0303. The number of carbonyl (C=O) groups is 1. The molecular formula is C21H22N4O2. The molecule has 1 saturated heterocycles. The molecule has 0 aliphatic carbocycles. The summed E-state index contributed by atoms with van der Waals surface area (Å²) in [6, 6.07) is 15.9. The van der Waals surface area contributed by atoms with E-state index in [4.69, 9.17) is 4.74 Å². The molecule has 2 heterocycles. The Kier molecular flexibility index (Phi) is 4.98. The average molecular weight is 362 g/mol. The minimum atomic E-state index is 0.0474. The maximum atomic E-state index is 12.6. The van der Waals surface area contributed by atoms with Crippen LogP contribution in [0.25, 0.3) is 11.4 Å². The molecule has 3 aromatic rings. The smallest absolute Gasteiger partial charge is 0.254 e. The van der Waals surface area contributed by atoms with E-state index in [2.05, 4.69) is 29.1 Å². The molecule has 1 fully saturated rings. The van der Waals surface area contributed by atoms with Gasteiger partial charge in [0.05, 0.1) is 19.8 Å². The Morgan fingerprint density at radius 1 is 1.07 bits per heavy atom. The molecule has 0 atom stereocenters. The van der Waals surface area contributed by atoms with E-state index >= 15 is 0 Å². The number of aromatic nitrogens is 3. The number of carbonyl (C=O) groups excluding carboxylic acids is 1. The van der Waals surface area contributed by atoms with Gasteiger partial charge in [-0.05, 0) is 30.2 Å². The molecule has 1 aliphatic rings. The van der Waals surface area contributed by atoms with Gasteiger partial charge in [-0.2, -0.15) is 5.10 Å². The van der Waals surface area contributed by atoms with Crippen LogP contribution in [0.15, 0.2) is 54.9 Å². The summed E-state index contributed by atoms with van der Waals surface area (Å²) in [7, 11) is 0. The molecule has 0 bridgehead atoms. The highest BCUT2D eigenvalue weighted by atomic mass is 16.5. The summed E-state index contributed by atoms with van der Waals surface area (Å²) in [5.41, 5.74) is 4.07. The lowest BCUT2D eigenvalue weighted by Crippen LogP contribution is -2.40. The van der Waals surface area contributed by atoms with E-state index in [1.54, 1.807) is 6.33 Å². The Morgan fingerprint density at radius 3 is 2.56 bits per heavy atom. The van der Waals surface area contributed by atoms with Crippen molar-refractivity contribution in [2.24, 2.45) is 0 Å². The van der Waals surface area contributed by atoms with Gasteiger partial charge in [-0.15, -0.1) is 0 Å². The van der Waals surface area contributed by atoms with E-state index in [1.807, 2.05) is 46.0 Å². The van der Waals surface area contributed by atoms with Crippen molar-refractivity contribution in [1.82, 2.24) is 19.7 Å². The molecule has 27 heavy (non-hydrogen) atoms. The molecule has 6 heteroatoms. The highest BCUT2D eigenvalue weighted by Gasteiger charge is 2.18. The van der Waals surface area contributed by atoms with E-state index in [-0.39, 0.29) is 5.91 Å². The van der Waals surface area contributed by atoms with Gasteiger partial charge in [-0.25, -0.2) is 9.67 Å². The first kappa shape index (κ1) is 17.4. The Labute approximate surface area is 158 Å². The summed E-state index contributed by atoms with van der Waals surface area (Å²) < 4.78 is 7.20. The normalized spacial score (nSPS) is 14.3. The maximum absolute atomic E-state index is 12.6. The Morgan fingerprint density at radius 2 is 1.81 bits per heavy atom. The lowest BCUT2D eigenvalue weighted by atomic mass is 10.1. The van der Waals surface area contributed by atoms with Crippen LogP contribution in [0.1, 0.15) is 21.5 Å². The minimum absolute atomic E-state index is 0.0474. The third kappa shape index (κ3) is 3.75. The molecule has 0 radical (unpaired) electrons. The number of benzene rings is 2. The zero-order chi connectivity index (χ0) is 18.6. The molecule has 0 unspecified atom stereocenters. The molecule has 2 aromatic carbocycles. The first-order valence-corrected chi connectivity index (χ1v) is 9.12. The van der Waals surface area contributed by atoms with Crippen molar-refractivity contribution in [3.63, 3.8) is 0 Å². The fourth-order valence-electron chi connectivity index (χ4n) is 3.26. The number of aryl methyl sites for hydroxylation is 1. The monoisotopic (exact) mass is 362 g/mol. The number of morpholine rings is 1. The fraction of sp³-hybridized carbons (Fsp3) is 0.286. The molecule has 1 aliphatic heterocycles. The number of hydrogen-bond acceptors (Lipinski definition) is 4. The van der Waals surface area contributed by atoms with Crippen molar-refractivity contribution in [1.29, 1.82) is 0 Å². The second-order valence-corrected chi connectivity index (χ2v) is 6.65. The summed E-state index contributed by atoms with van der Waals surface area (Å²) >= 11 is 0. The number of rotatable bonds is 4. The largest absolute Gasteiger partial charge is 0.378 e. The first-order valence-electron chi connectivity index (χ1n) is 9.12.